The fourth-order valence-corrected chi connectivity index (χ4v) is 1.59. The van der Waals surface area contributed by atoms with Crippen molar-refractivity contribution in [2.75, 3.05) is 5.88 Å². The molecule has 17 heavy (non-hydrogen) atoms. The van der Waals surface area contributed by atoms with Gasteiger partial charge in [0.25, 0.3) is 0 Å². The molecular weight excluding hydrogens is 243 g/mol. The highest BCUT2D eigenvalue weighted by Gasteiger charge is 2.06. The van der Waals surface area contributed by atoms with Crippen LogP contribution >= 0.6 is 11.6 Å². The third kappa shape index (κ3) is 3.53. The zero-order valence-corrected chi connectivity index (χ0v) is 9.95. The first kappa shape index (κ1) is 12.0. The van der Waals surface area contributed by atoms with Gasteiger partial charge < -0.3 is 4.42 Å². The van der Waals surface area contributed by atoms with Crippen LogP contribution in [0.1, 0.15) is 23.8 Å². The Balaban J connectivity index is 1.98. The van der Waals surface area contributed by atoms with Gasteiger partial charge in [0, 0.05) is 12.3 Å². The topological polar surface area (TPSA) is 38.9 Å². The van der Waals surface area contributed by atoms with E-state index in [0.29, 0.717) is 30.5 Å². The van der Waals surface area contributed by atoms with Crippen molar-refractivity contribution in [3.63, 3.8) is 0 Å². The molecule has 0 atom stereocenters. The lowest BCUT2D eigenvalue weighted by atomic mass is 10.1. The maximum atomic E-state index is 12.7. The molecule has 0 aliphatic carbocycles. The van der Waals surface area contributed by atoms with Crippen LogP contribution in [-0.2, 0) is 12.8 Å². The van der Waals surface area contributed by atoms with Crippen LogP contribution in [-0.4, -0.2) is 16.1 Å². The number of rotatable bonds is 5. The van der Waals surface area contributed by atoms with Gasteiger partial charge >= 0.3 is 0 Å². The van der Waals surface area contributed by atoms with Crippen LogP contribution in [0.15, 0.2) is 28.7 Å². The molecule has 2 aromatic rings. The Bertz CT molecular complexity index is 470. The molecule has 0 bridgehead atoms. The second-order valence-corrected chi connectivity index (χ2v) is 4.06. The average Bonchev–Trinajstić information content (AvgIpc) is 2.77. The molecule has 3 nitrogen and oxygen atoms in total. The molecule has 90 valence electrons. The largest absolute Gasteiger partial charge is 0.425 e. The summed E-state index contributed by atoms with van der Waals surface area (Å²) >= 11 is 5.58. The van der Waals surface area contributed by atoms with E-state index < -0.39 is 0 Å². The molecule has 0 aliphatic heterocycles. The normalized spacial score (nSPS) is 10.7. The zero-order chi connectivity index (χ0) is 12.1. The third-order valence-corrected chi connectivity index (χ3v) is 2.57. The van der Waals surface area contributed by atoms with Crippen molar-refractivity contribution in [2.24, 2.45) is 0 Å². The molecule has 1 aromatic carbocycles. The van der Waals surface area contributed by atoms with E-state index in [1.54, 1.807) is 12.1 Å². The maximum absolute atomic E-state index is 12.7. The summed E-state index contributed by atoms with van der Waals surface area (Å²) < 4.78 is 18.2. The van der Waals surface area contributed by atoms with E-state index in [2.05, 4.69) is 10.2 Å². The predicted molar refractivity (Wildman–Crippen MR) is 62.5 cm³/mol. The molecule has 0 amide bonds. The first-order chi connectivity index (χ1) is 8.28. The molecule has 1 aromatic heterocycles. The predicted octanol–water partition coefficient (Wildman–Crippen LogP) is 2.97. The number of hydrogen-bond acceptors (Lipinski definition) is 3. The summed E-state index contributed by atoms with van der Waals surface area (Å²) in [6.07, 6.45) is 2.04. The number of alkyl halides is 1. The summed E-state index contributed by atoms with van der Waals surface area (Å²) in [6, 6.07) is 6.25. The van der Waals surface area contributed by atoms with E-state index in [-0.39, 0.29) is 5.82 Å². The highest BCUT2D eigenvalue weighted by atomic mass is 35.5. The third-order valence-electron chi connectivity index (χ3n) is 2.30. The number of halogens is 2. The molecule has 0 aliphatic rings. The van der Waals surface area contributed by atoms with Crippen molar-refractivity contribution in [1.82, 2.24) is 10.2 Å². The fourth-order valence-electron chi connectivity index (χ4n) is 1.46. The van der Waals surface area contributed by atoms with Crippen molar-refractivity contribution in [2.45, 2.75) is 19.3 Å². The molecule has 0 spiro atoms. The Labute approximate surface area is 104 Å². The van der Waals surface area contributed by atoms with Gasteiger partial charge in [-0.3, -0.25) is 0 Å². The second kappa shape index (κ2) is 5.77. The van der Waals surface area contributed by atoms with Crippen molar-refractivity contribution >= 4 is 11.6 Å². The van der Waals surface area contributed by atoms with Crippen LogP contribution in [0.4, 0.5) is 4.39 Å². The molecule has 5 heteroatoms. The van der Waals surface area contributed by atoms with Gasteiger partial charge in [-0.05, 0) is 24.1 Å². The maximum Gasteiger partial charge on any atom is 0.220 e. The summed E-state index contributed by atoms with van der Waals surface area (Å²) in [6.45, 7) is 0. The van der Waals surface area contributed by atoms with Gasteiger partial charge in [-0.15, -0.1) is 21.8 Å². The van der Waals surface area contributed by atoms with E-state index in [1.165, 1.54) is 12.1 Å². The van der Waals surface area contributed by atoms with E-state index in [4.69, 9.17) is 16.0 Å². The first-order valence-electron chi connectivity index (χ1n) is 5.39. The number of benzene rings is 1. The Kier molecular flexibility index (Phi) is 4.09. The van der Waals surface area contributed by atoms with E-state index in [1.807, 2.05) is 0 Å². The zero-order valence-electron chi connectivity index (χ0n) is 9.20. The van der Waals surface area contributed by atoms with Crippen LogP contribution < -0.4 is 0 Å². The molecule has 1 heterocycles. The molecule has 0 unspecified atom stereocenters. The van der Waals surface area contributed by atoms with Crippen LogP contribution in [0.5, 0.6) is 0 Å². The van der Waals surface area contributed by atoms with Gasteiger partial charge in [-0.1, -0.05) is 12.1 Å². The summed E-state index contributed by atoms with van der Waals surface area (Å²) in [5.41, 5.74) is 0.943. The van der Waals surface area contributed by atoms with Crippen molar-refractivity contribution in [1.29, 1.82) is 0 Å². The molecule has 0 saturated heterocycles. The minimum atomic E-state index is -0.248. The lowest BCUT2D eigenvalue weighted by Crippen LogP contribution is -1.88. The molecule has 0 fully saturated rings. The van der Waals surface area contributed by atoms with Crippen molar-refractivity contribution in [3.8, 4) is 0 Å². The lowest BCUT2D eigenvalue weighted by molar-refractivity contribution is 0.455. The number of hydrogen-bond donors (Lipinski definition) is 0. The second-order valence-electron chi connectivity index (χ2n) is 3.69. The Morgan fingerprint density at radius 1 is 1.12 bits per heavy atom. The molecule has 0 saturated carbocycles. The molecule has 0 radical (unpaired) electrons. The summed E-state index contributed by atoms with van der Waals surface area (Å²) in [5.74, 6) is 1.47. The Morgan fingerprint density at radius 3 is 2.53 bits per heavy atom. The van der Waals surface area contributed by atoms with Gasteiger partial charge in [-0.2, -0.15) is 0 Å². The molecule has 2 rings (SSSR count). The van der Waals surface area contributed by atoms with Gasteiger partial charge in [0.15, 0.2) is 0 Å². The highest BCUT2D eigenvalue weighted by Crippen LogP contribution is 2.10. The first-order valence-corrected chi connectivity index (χ1v) is 5.93. The Hall–Kier alpha value is -1.42. The minimum Gasteiger partial charge on any atom is -0.425 e. The van der Waals surface area contributed by atoms with Gasteiger partial charge in [0.1, 0.15) is 5.82 Å². The van der Waals surface area contributed by atoms with Crippen LogP contribution in [0.25, 0.3) is 0 Å². The van der Waals surface area contributed by atoms with Crippen LogP contribution in [0.2, 0.25) is 0 Å². The minimum absolute atomic E-state index is 0.248. The standard InChI is InChI=1S/C12H12ClFN2O/c13-7-1-2-11-15-16-12(17-11)8-9-3-5-10(14)6-4-9/h3-6H,1-2,7-8H2. The Morgan fingerprint density at radius 2 is 1.82 bits per heavy atom. The van der Waals surface area contributed by atoms with Crippen molar-refractivity contribution < 1.29 is 8.81 Å². The van der Waals surface area contributed by atoms with Gasteiger partial charge in [-0.25, -0.2) is 4.39 Å². The fraction of sp³-hybridized carbons (Fsp3) is 0.333. The molecule has 0 N–H and O–H groups in total. The number of aryl methyl sites for hydroxylation is 1. The monoisotopic (exact) mass is 254 g/mol. The van der Waals surface area contributed by atoms with E-state index in [9.17, 15) is 4.39 Å². The quantitative estimate of drug-likeness (QED) is 0.770. The SMILES string of the molecule is Fc1ccc(Cc2nnc(CCCCl)o2)cc1. The highest BCUT2D eigenvalue weighted by molar-refractivity contribution is 6.17. The average molecular weight is 255 g/mol. The van der Waals surface area contributed by atoms with E-state index in [0.717, 1.165) is 12.0 Å². The smallest absolute Gasteiger partial charge is 0.220 e. The lowest BCUT2D eigenvalue weighted by Gasteiger charge is -1.96. The molecular formula is C12H12ClFN2O. The van der Waals surface area contributed by atoms with Crippen molar-refractivity contribution in [3.05, 3.63) is 47.4 Å². The van der Waals surface area contributed by atoms with Gasteiger partial charge in [0.05, 0.1) is 6.42 Å². The number of aromatic nitrogens is 2. The van der Waals surface area contributed by atoms with Crippen LogP contribution in [0.3, 0.4) is 0 Å². The van der Waals surface area contributed by atoms with E-state index >= 15 is 0 Å². The number of nitrogens with zero attached hydrogens (tertiary/aromatic N) is 2. The summed E-state index contributed by atoms with van der Waals surface area (Å²) in [4.78, 5) is 0. The summed E-state index contributed by atoms with van der Waals surface area (Å²) in [7, 11) is 0. The summed E-state index contributed by atoms with van der Waals surface area (Å²) in [5, 5.41) is 7.85. The van der Waals surface area contributed by atoms with Crippen LogP contribution in [0, 0.1) is 5.82 Å². The van der Waals surface area contributed by atoms with Gasteiger partial charge in [0.2, 0.25) is 11.8 Å².